The highest BCUT2D eigenvalue weighted by molar-refractivity contribution is 6.35. The van der Waals surface area contributed by atoms with Gasteiger partial charge in [0.25, 0.3) is 0 Å². The number of aromatic nitrogens is 1. The summed E-state index contributed by atoms with van der Waals surface area (Å²) in [6, 6.07) is 7.00. The topological polar surface area (TPSA) is 85.7 Å². The van der Waals surface area contributed by atoms with Gasteiger partial charge in [-0.25, -0.2) is 9.78 Å². The molecule has 1 aliphatic rings. The van der Waals surface area contributed by atoms with Crippen LogP contribution in [-0.2, 0) is 0 Å². The molecule has 0 bridgehead atoms. The molecule has 1 fully saturated rings. The molecule has 0 unspecified atom stereocenters. The van der Waals surface area contributed by atoms with Crippen LogP contribution < -0.4 is 10.2 Å². The van der Waals surface area contributed by atoms with Crippen molar-refractivity contribution in [1.82, 2.24) is 10.3 Å². The molecule has 0 spiro atoms. The number of nitrogens with zero attached hydrogens (tertiary/aromatic N) is 2. The molecule has 1 saturated heterocycles. The molecule has 2 heterocycles. The summed E-state index contributed by atoms with van der Waals surface area (Å²) in [5.41, 5.74) is 1.45. The number of nitrogens with one attached hydrogen (secondary N) is 1. The molecule has 1 aromatic heterocycles. The van der Waals surface area contributed by atoms with Crippen molar-refractivity contribution in [2.24, 2.45) is 0 Å². The number of fused-ring (bicyclic) bond motifs is 1. The summed E-state index contributed by atoms with van der Waals surface area (Å²) in [4.78, 5) is 17.6. The fourth-order valence-corrected chi connectivity index (χ4v) is 3.16. The average molecular weight is 336 g/mol. The monoisotopic (exact) mass is 335 g/mol. The van der Waals surface area contributed by atoms with E-state index in [4.69, 9.17) is 16.7 Å². The van der Waals surface area contributed by atoms with Gasteiger partial charge in [0.15, 0.2) is 0 Å². The maximum absolute atomic E-state index is 11.0. The average Bonchev–Trinajstić information content (AvgIpc) is 2.92. The first-order valence-electron chi connectivity index (χ1n) is 7.47. The first kappa shape index (κ1) is 15.8. The predicted octanol–water partition coefficient (Wildman–Crippen LogP) is 2.79. The minimum absolute atomic E-state index is 0.394. The summed E-state index contributed by atoms with van der Waals surface area (Å²) in [5.74, 6) is 0.670. The predicted molar refractivity (Wildman–Crippen MR) is 89.2 cm³/mol. The first-order chi connectivity index (χ1) is 11.0. The van der Waals surface area contributed by atoms with Gasteiger partial charge in [0.1, 0.15) is 5.82 Å². The first-order valence-corrected chi connectivity index (χ1v) is 7.85. The van der Waals surface area contributed by atoms with E-state index >= 15 is 0 Å². The number of aliphatic hydroxyl groups excluding tert-OH is 1. The van der Waals surface area contributed by atoms with E-state index in [1.54, 1.807) is 13.0 Å². The van der Waals surface area contributed by atoms with Crippen LogP contribution in [0.25, 0.3) is 10.9 Å². The third-order valence-corrected chi connectivity index (χ3v) is 4.38. The molecular weight excluding hydrogens is 318 g/mol. The Morgan fingerprint density at radius 3 is 2.96 bits per heavy atom. The normalized spacial score (nSPS) is 19.1. The molecule has 2 atom stereocenters. The van der Waals surface area contributed by atoms with Crippen molar-refractivity contribution in [3.05, 3.63) is 34.9 Å². The molecular formula is C16H18ClN3O3. The summed E-state index contributed by atoms with van der Waals surface area (Å²) < 4.78 is 0. The number of halogens is 1. The van der Waals surface area contributed by atoms with E-state index in [9.17, 15) is 9.90 Å². The lowest BCUT2D eigenvalue weighted by molar-refractivity contribution is 0.190. The van der Waals surface area contributed by atoms with Crippen molar-refractivity contribution in [3.8, 4) is 0 Å². The third kappa shape index (κ3) is 3.18. The smallest absolute Gasteiger partial charge is 0.405 e. The molecule has 3 rings (SSSR count). The summed E-state index contributed by atoms with van der Waals surface area (Å²) in [5, 5.41) is 22.7. The number of aliphatic hydroxyl groups is 1. The number of anilines is 1. The second-order valence-corrected chi connectivity index (χ2v) is 6.18. The fourth-order valence-electron chi connectivity index (χ4n) is 2.94. The molecule has 0 radical (unpaired) electrons. The minimum atomic E-state index is -1.09. The lowest BCUT2D eigenvalue weighted by Crippen LogP contribution is -2.29. The maximum atomic E-state index is 11.0. The van der Waals surface area contributed by atoms with Crippen LogP contribution in [0.15, 0.2) is 24.3 Å². The number of pyridine rings is 1. The lowest BCUT2D eigenvalue weighted by Gasteiger charge is -2.24. The number of β-amino-alcohol motifs (C(OH)–C–C–N with tert-alkyl or cyclic N) is 1. The molecule has 23 heavy (non-hydrogen) atoms. The number of para-hydroxylation sites is 1. The summed E-state index contributed by atoms with van der Waals surface area (Å²) in [6.45, 7) is 2.93. The van der Waals surface area contributed by atoms with Crippen molar-refractivity contribution >= 4 is 34.4 Å². The molecule has 1 amide bonds. The lowest BCUT2D eigenvalue weighted by atomic mass is 10.1. The van der Waals surface area contributed by atoms with Crippen LogP contribution in [0.4, 0.5) is 10.6 Å². The zero-order chi connectivity index (χ0) is 16.6. The van der Waals surface area contributed by atoms with E-state index in [0.717, 1.165) is 10.9 Å². The van der Waals surface area contributed by atoms with Crippen molar-refractivity contribution < 1.29 is 15.0 Å². The number of rotatable bonds is 3. The van der Waals surface area contributed by atoms with E-state index in [2.05, 4.69) is 10.3 Å². The highest BCUT2D eigenvalue weighted by Crippen LogP contribution is 2.33. The highest BCUT2D eigenvalue weighted by Gasteiger charge is 2.26. The van der Waals surface area contributed by atoms with Gasteiger partial charge in [-0.3, -0.25) is 0 Å². The molecule has 3 N–H and O–H groups in total. The van der Waals surface area contributed by atoms with Crippen LogP contribution in [0.3, 0.4) is 0 Å². The van der Waals surface area contributed by atoms with E-state index in [0.29, 0.717) is 35.9 Å². The van der Waals surface area contributed by atoms with Crippen LogP contribution in [0, 0.1) is 0 Å². The number of carbonyl (C=O) groups is 1. The Bertz CT molecular complexity index is 753. The molecule has 6 nitrogen and oxygen atoms in total. The van der Waals surface area contributed by atoms with Crippen LogP contribution in [0.1, 0.15) is 24.9 Å². The summed E-state index contributed by atoms with van der Waals surface area (Å²) >= 11 is 6.24. The van der Waals surface area contributed by atoms with E-state index in [-0.39, 0.29) is 0 Å². The fraction of sp³-hybridized carbons (Fsp3) is 0.375. The largest absolute Gasteiger partial charge is 0.465 e. The summed E-state index contributed by atoms with van der Waals surface area (Å²) in [6.07, 6.45) is -0.812. The van der Waals surface area contributed by atoms with Gasteiger partial charge < -0.3 is 20.4 Å². The minimum Gasteiger partial charge on any atom is -0.465 e. The zero-order valence-electron chi connectivity index (χ0n) is 12.7. The third-order valence-electron chi connectivity index (χ3n) is 4.07. The molecule has 2 aromatic rings. The van der Waals surface area contributed by atoms with Gasteiger partial charge >= 0.3 is 6.09 Å². The van der Waals surface area contributed by atoms with Gasteiger partial charge in [-0.15, -0.1) is 0 Å². The molecule has 7 heteroatoms. The van der Waals surface area contributed by atoms with Crippen molar-refractivity contribution in [2.75, 3.05) is 18.0 Å². The summed E-state index contributed by atoms with van der Waals surface area (Å²) in [7, 11) is 0. The Kier molecular flexibility index (Phi) is 4.28. The number of amides is 1. The molecule has 1 aromatic carbocycles. The Balaban J connectivity index is 2.12. The number of hydrogen-bond acceptors (Lipinski definition) is 4. The maximum Gasteiger partial charge on any atom is 0.405 e. The molecule has 122 valence electrons. The second kappa shape index (κ2) is 6.22. The Hall–Kier alpha value is -2.05. The van der Waals surface area contributed by atoms with Gasteiger partial charge in [-0.1, -0.05) is 23.7 Å². The Labute approximate surface area is 138 Å². The van der Waals surface area contributed by atoms with Crippen molar-refractivity contribution in [1.29, 1.82) is 0 Å². The van der Waals surface area contributed by atoms with E-state index < -0.39 is 18.2 Å². The van der Waals surface area contributed by atoms with Crippen molar-refractivity contribution in [3.63, 3.8) is 0 Å². The van der Waals surface area contributed by atoms with Gasteiger partial charge in [-0.05, 0) is 25.5 Å². The van der Waals surface area contributed by atoms with Crippen LogP contribution in [0.2, 0.25) is 5.02 Å². The van der Waals surface area contributed by atoms with E-state index in [1.165, 1.54) is 0 Å². The standard InChI is InChI=1S/C16H18ClN3O3/c1-9(18-16(22)23)12-7-10-3-2-4-13(17)14(10)19-15(12)20-6-5-11(21)8-20/h2-4,7,9,11,18,21H,5-6,8H2,1H3,(H,22,23)/t9-,11+/m0/s1. The Morgan fingerprint density at radius 2 is 2.30 bits per heavy atom. The quantitative estimate of drug-likeness (QED) is 0.803. The van der Waals surface area contributed by atoms with Crippen LogP contribution >= 0.6 is 11.6 Å². The Morgan fingerprint density at radius 1 is 1.52 bits per heavy atom. The van der Waals surface area contributed by atoms with E-state index in [1.807, 2.05) is 23.1 Å². The molecule has 1 aliphatic heterocycles. The number of carboxylic acid groups (broad SMARTS) is 1. The molecule has 0 saturated carbocycles. The van der Waals surface area contributed by atoms with Gasteiger partial charge in [0.2, 0.25) is 0 Å². The number of benzene rings is 1. The van der Waals surface area contributed by atoms with Gasteiger partial charge in [0, 0.05) is 24.0 Å². The zero-order valence-corrected chi connectivity index (χ0v) is 13.4. The second-order valence-electron chi connectivity index (χ2n) is 5.77. The highest BCUT2D eigenvalue weighted by atomic mass is 35.5. The number of hydrogen-bond donors (Lipinski definition) is 3. The van der Waals surface area contributed by atoms with Crippen LogP contribution in [-0.4, -0.2) is 40.5 Å². The van der Waals surface area contributed by atoms with Gasteiger partial charge in [0.05, 0.1) is 22.7 Å². The van der Waals surface area contributed by atoms with Gasteiger partial charge in [-0.2, -0.15) is 0 Å². The van der Waals surface area contributed by atoms with Crippen molar-refractivity contribution in [2.45, 2.75) is 25.5 Å². The van der Waals surface area contributed by atoms with Crippen LogP contribution in [0.5, 0.6) is 0 Å². The SMILES string of the molecule is C[C@H](NC(=O)O)c1cc2cccc(Cl)c2nc1N1CC[C@@H](O)C1. The molecule has 0 aliphatic carbocycles.